The molecule has 6 nitrogen and oxygen atoms in total. The van der Waals surface area contributed by atoms with Gasteiger partial charge in [-0.05, 0) is 24.1 Å². The van der Waals surface area contributed by atoms with Crippen LogP contribution in [0.5, 0.6) is 5.75 Å². The summed E-state index contributed by atoms with van der Waals surface area (Å²) in [6.45, 7) is 0.495. The van der Waals surface area contributed by atoms with Gasteiger partial charge < -0.3 is 15.3 Å². The van der Waals surface area contributed by atoms with E-state index in [1.54, 1.807) is 12.4 Å². The van der Waals surface area contributed by atoms with Crippen LogP contribution in [0.4, 0.5) is 5.82 Å². The molecule has 0 saturated heterocycles. The minimum absolute atomic E-state index is 0.150. The molecule has 4 N–H and O–H groups in total. The highest BCUT2D eigenvalue weighted by Gasteiger charge is 1.99. The lowest BCUT2D eigenvalue weighted by Crippen LogP contribution is -2.09. The van der Waals surface area contributed by atoms with Crippen molar-refractivity contribution in [3.63, 3.8) is 0 Å². The van der Waals surface area contributed by atoms with Crippen LogP contribution in [0, 0.1) is 0 Å². The molecule has 0 fully saturated rings. The first-order valence-electron chi connectivity index (χ1n) is 5.92. The Balaban J connectivity index is 1.90. The highest BCUT2D eigenvalue weighted by molar-refractivity contribution is 5.29. The van der Waals surface area contributed by atoms with E-state index in [-0.39, 0.29) is 6.61 Å². The van der Waals surface area contributed by atoms with Crippen molar-refractivity contribution < 1.29 is 9.84 Å². The van der Waals surface area contributed by atoms with Crippen LogP contribution in [0.2, 0.25) is 0 Å². The molecule has 0 aliphatic rings. The van der Waals surface area contributed by atoms with Gasteiger partial charge in [0.15, 0.2) is 5.82 Å². The molecule has 2 aromatic rings. The minimum Gasteiger partial charge on any atom is -0.487 e. The number of nitrogens with two attached hydrogens (primary N) is 1. The molecular weight excluding hydrogens is 244 g/mol. The average Bonchev–Trinajstić information content (AvgIpc) is 2.47. The van der Waals surface area contributed by atoms with E-state index in [1.165, 1.54) is 0 Å². The third-order valence-corrected chi connectivity index (χ3v) is 2.56. The van der Waals surface area contributed by atoms with Crippen molar-refractivity contribution >= 4 is 5.82 Å². The largest absolute Gasteiger partial charge is 0.487 e. The first-order chi connectivity index (χ1) is 9.31. The monoisotopic (exact) mass is 260 g/mol. The summed E-state index contributed by atoms with van der Waals surface area (Å²) < 4.78 is 5.58. The Kier molecular flexibility index (Phi) is 4.66. The molecular formula is C13H16N4O2. The number of hydrogen-bond donors (Lipinski definition) is 3. The van der Waals surface area contributed by atoms with Gasteiger partial charge in [-0.15, -0.1) is 0 Å². The van der Waals surface area contributed by atoms with Crippen LogP contribution >= 0.6 is 0 Å². The van der Waals surface area contributed by atoms with Crippen molar-refractivity contribution in [3.05, 3.63) is 47.9 Å². The summed E-state index contributed by atoms with van der Waals surface area (Å²) in [6, 6.07) is 7.60. The van der Waals surface area contributed by atoms with Gasteiger partial charge in [-0.2, -0.15) is 0 Å². The number of hydrazine groups is 1. The number of rotatable bonds is 6. The van der Waals surface area contributed by atoms with Gasteiger partial charge in [0.05, 0.1) is 18.1 Å². The van der Waals surface area contributed by atoms with Crippen molar-refractivity contribution in [1.82, 2.24) is 9.97 Å². The van der Waals surface area contributed by atoms with Gasteiger partial charge in [-0.25, -0.2) is 10.8 Å². The minimum atomic E-state index is 0.150. The zero-order valence-electron chi connectivity index (χ0n) is 10.4. The number of ether oxygens (including phenoxy) is 1. The topological polar surface area (TPSA) is 93.3 Å². The molecule has 0 radical (unpaired) electrons. The molecule has 2 rings (SSSR count). The second-order valence-corrected chi connectivity index (χ2v) is 3.94. The fourth-order valence-electron chi connectivity index (χ4n) is 1.54. The maximum absolute atomic E-state index is 8.82. The molecule has 0 amide bonds. The van der Waals surface area contributed by atoms with Gasteiger partial charge in [0.1, 0.15) is 12.4 Å². The third-order valence-electron chi connectivity index (χ3n) is 2.56. The molecule has 0 spiro atoms. The number of aromatic nitrogens is 2. The Hall–Kier alpha value is -2.18. The third kappa shape index (κ3) is 3.90. The Labute approximate surface area is 111 Å². The van der Waals surface area contributed by atoms with Gasteiger partial charge in [-0.1, -0.05) is 12.1 Å². The van der Waals surface area contributed by atoms with Crippen LogP contribution in [0.1, 0.15) is 11.3 Å². The number of nitrogens with one attached hydrogen (secondary N) is 1. The Bertz CT molecular complexity index is 499. The molecule has 0 aliphatic heterocycles. The Morgan fingerprint density at radius 3 is 2.53 bits per heavy atom. The molecule has 0 aliphatic carbocycles. The van der Waals surface area contributed by atoms with E-state index < -0.39 is 0 Å². The van der Waals surface area contributed by atoms with Gasteiger partial charge in [0.25, 0.3) is 0 Å². The SMILES string of the molecule is NNc1cnc(COc2ccc(CCO)cc2)cn1. The summed E-state index contributed by atoms with van der Waals surface area (Å²) in [7, 11) is 0. The summed E-state index contributed by atoms with van der Waals surface area (Å²) in [6.07, 6.45) is 3.80. The first kappa shape index (κ1) is 13.3. The smallest absolute Gasteiger partial charge is 0.158 e. The number of anilines is 1. The van der Waals surface area contributed by atoms with Gasteiger partial charge in [0.2, 0.25) is 0 Å². The highest BCUT2D eigenvalue weighted by atomic mass is 16.5. The lowest BCUT2D eigenvalue weighted by molar-refractivity contribution is 0.297. The van der Waals surface area contributed by atoms with E-state index in [2.05, 4.69) is 15.4 Å². The first-order valence-corrected chi connectivity index (χ1v) is 5.92. The van der Waals surface area contributed by atoms with E-state index in [0.717, 1.165) is 17.0 Å². The molecule has 0 atom stereocenters. The van der Waals surface area contributed by atoms with Gasteiger partial charge in [-0.3, -0.25) is 4.98 Å². The number of hydrogen-bond acceptors (Lipinski definition) is 6. The summed E-state index contributed by atoms with van der Waals surface area (Å²) in [5.41, 5.74) is 4.21. The van der Waals surface area contributed by atoms with Crippen LogP contribution < -0.4 is 16.0 Å². The average molecular weight is 260 g/mol. The normalized spacial score (nSPS) is 10.2. The van der Waals surface area contributed by atoms with Crippen molar-refractivity contribution in [2.75, 3.05) is 12.0 Å². The molecule has 0 saturated carbocycles. The molecule has 1 aromatic heterocycles. The standard InChI is InChI=1S/C13H16N4O2/c14-17-13-8-15-11(7-16-13)9-19-12-3-1-10(2-4-12)5-6-18/h1-4,7-8,18H,5-6,9,14H2,(H,16,17). The Morgan fingerprint density at radius 1 is 1.16 bits per heavy atom. The summed E-state index contributed by atoms with van der Waals surface area (Å²) in [5, 5.41) is 8.82. The van der Waals surface area contributed by atoms with E-state index >= 15 is 0 Å². The zero-order valence-corrected chi connectivity index (χ0v) is 10.4. The molecule has 19 heavy (non-hydrogen) atoms. The number of nitrogens with zero attached hydrogens (tertiary/aromatic N) is 2. The van der Waals surface area contributed by atoms with Crippen LogP contribution in [0.25, 0.3) is 0 Å². The van der Waals surface area contributed by atoms with Crippen molar-refractivity contribution in [2.45, 2.75) is 13.0 Å². The molecule has 100 valence electrons. The molecule has 0 unspecified atom stereocenters. The quantitative estimate of drug-likeness (QED) is 0.527. The van der Waals surface area contributed by atoms with Crippen molar-refractivity contribution in [2.24, 2.45) is 5.84 Å². The highest BCUT2D eigenvalue weighted by Crippen LogP contribution is 2.14. The van der Waals surface area contributed by atoms with Gasteiger partial charge in [0, 0.05) is 6.61 Å². The predicted octanol–water partition coefficient (Wildman–Crippen LogP) is 0.876. The number of aliphatic hydroxyl groups excluding tert-OH is 1. The van der Waals surface area contributed by atoms with Crippen LogP contribution in [0.3, 0.4) is 0 Å². The maximum Gasteiger partial charge on any atom is 0.158 e. The maximum atomic E-state index is 8.82. The lowest BCUT2D eigenvalue weighted by atomic mass is 10.1. The van der Waals surface area contributed by atoms with E-state index in [4.69, 9.17) is 15.7 Å². The van der Waals surface area contributed by atoms with E-state index in [0.29, 0.717) is 18.8 Å². The lowest BCUT2D eigenvalue weighted by Gasteiger charge is -2.07. The van der Waals surface area contributed by atoms with Crippen molar-refractivity contribution in [1.29, 1.82) is 0 Å². The fraction of sp³-hybridized carbons (Fsp3) is 0.231. The van der Waals surface area contributed by atoms with Crippen LogP contribution in [-0.2, 0) is 13.0 Å². The van der Waals surface area contributed by atoms with Gasteiger partial charge >= 0.3 is 0 Å². The summed E-state index contributed by atoms with van der Waals surface area (Å²) >= 11 is 0. The number of aliphatic hydroxyl groups is 1. The molecule has 0 bridgehead atoms. The summed E-state index contributed by atoms with van der Waals surface area (Å²) in [5.74, 6) is 6.47. The van der Waals surface area contributed by atoms with Crippen LogP contribution in [0.15, 0.2) is 36.7 Å². The fourth-order valence-corrected chi connectivity index (χ4v) is 1.54. The number of benzene rings is 1. The Morgan fingerprint density at radius 2 is 1.95 bits per heavy atom. The molecule has 6 heteroatoms. The number of nitrogen functional groups attached to an aromatic ring is 1. The van der Waals surface area contributed by atoms with Crippen LogP contribution in [-0.4, -0.2) is 21.7 Å². The van der Waals surface area contributed by atoms with E-state index in [9.17, 15) is 0 Å². The summed E-state index contributed by atoms with van der Waals surface area (Å²) in [4.78, 5) is 8.19. The van der Waals surface area contributed by atoms with Crippen molar-refractivity contribution in [3.8, 4) is 5.75 Å². The van der Waals surface area contributed by atoms with E-state index in [1.807, 2.05) is 24.3 Å². The molecule has 1 aromatic carbocycles. The zero-order chi connectivity index (χ0) is 13.5. The second-order valence-electron chi connectivity index (χ2n) is 3.94. The second kappa shape index (κ2) is 6.67. The predicted molar refractivity (Wildman–Crippen MR) is 71.4 cm³/mol. The molecule has 1 heterocycles.